The molecule has 1 N–H and O–H groups in total. The highest BCUT2D eigenvalue weighted by atomic mass is 32.2. The SMILES string of the molecule is COc1cc(-c2[nH]c3sc(C4CCC(N(C)CCS(C)(=O)=O)CC4)nc3c2C(C)C)cn2ncnc12. The first kappa shape index (κ1) is 25.2. The van der Waals surface area contributed by atoms with Crippen molar-refractivity contribution in [2.75, 3.05) is 32.7 Å². The number of fused-ring (bicyclic) bond motifs is 2. The van der Waals surface area contributed by atoms with Crippen LogP contribution in [-0.2, 0) is 9.84 Å². The molecule has 1 fully saturated rings. The van der Waals surface area contributed by atoms with Gasteiger partial charge in [0, 0.05) is 42.1 Å². The van der Waals surface area contributed by atoms with Crippen LogP contribution in [-0.4, -0.2) is 76.6 Å². The summed E-state index contributed by atoms with van der Waals surface area (Å²) >= 11 is 1.76. The van der Waals surface area contributed by atoms with E-state index in [0.717, 1.165) is 47.3 Å². The van der Waals surface area contributed by atoms with Crippen LogP contribution < -0.4 is 4.74 Å². The standard InChI is InChI=1S/C25H34N6O3S2/c1-15(2)20-21(17-12-19(34-4)23-26-14-27-31(23)13-17)28-25-22(20)29-24(35-25)16-6-8-18(9-7-16)30(3)10-11-36(5,32)33/h12-16,18,28H,6-11H2,1-5H3. The number of ether oxygens (including phenoxy) is 1. The third kappa shape index (κ3) is 4.88. The smallest absolute Gasteiger partial charge is 0.197 e. The Labute approximate surface area is 215 Å². The van der Waals surface area contributed by atoms with E-state index in [1.165, 1.54) is 23.2 Å². The van der Waals surface area contributed by atoms with E-state index in [1.807, 2.05) is 19.3 Å². The lowest BCUT2D eigenvalue weighted by atomic mass is 9.86. The van der Waals surface area contributed by atoms with Gasteiger partial charge in [-0.05, 0) is 44.7 Å². The van der Waals surface area contributed by atoms with E-state index in [2.05, 4.69) is 33.8 Å². The molecule has 1 saturated carbocycles. The van der Waals surface area contributed by atoms with Crippen molar-refractivity contribution in [1.82, 2.24) is 29.5 Å². The zero-order valence-corrected chi connectivity index (χ0v) is 23.1. The van der Waals surface area contributed by atoms with Crippen molar-refractivity contribution in [3.05, 3.63) is 29.2 Å². The molecule has 4 aromatic heterocycles. The molecule has 1 aliphatic carbocycles. The summed E-state index contributed by atoms with van der Waals surface area (Å²) in [7, 11) is 0.761. The second kappa shape index (κ2) is 9.75. The Balaban J connectivity index is 1.38. The Morgan fingerprint density at radius 2 is 2.03 bits per heavy atom. The van der Waals surface area contributed by atoms with Gasteiger partial charge in [0.25, 0.3) is 0 Å². The Bertz CT molecular complexity index is 1480. The highest BCUT2D eigenvalue weighted by molar-refractivity contribution is 7.90. The summed E-state index contributed by atoms with van der Waals surface area (Å²) in [5, 5.41) is 5.51. The van der Waals surface area contributed by atoms with Crippen LogP contribution in [0, 0.1) is 0 Å². The van der Waals surface area contributed by atoms with Crippen molar-refractivity contribution >= 4 is 37.2 Å². The Morgan fingerprint density at radius 1 is 1.28 bits per heavy atom. The molecule has 0 aromatic carbocycles. The molecule has 9 nitrogen and oxygen atoms in total. The van der Waals surface area contributed by atoms with E-state index in [1.54, 1.807) is 23.0 Å². The second-order valence-corrected chi connectivity index (χ2v) is 13.5. The average molecular weight is 531 g/mol. The molecule has 194 valence electrons. The number of nitrogens with zero attached hydrogens (tertiary/aromatic N) is 5. The molecule has 0 amide bonds. The zero-order valence-electron chi connectivity index (χ0n) is 21.5. The third-order valence-corrected chi connectivity index (χ3v) is 9.38. The molecule has 4 heterocycles. The van der Waals surface area contributed by atoms with Crippen molar-refractivity contribution in [1.29, 1.82) is 0 Å². The lowest BCUT2D eigenvalue weighted by Gasteiger charge is -2.34. The normalized spacial score (nSPS) is 19.2. The number of sulfone groups is 1. The molecule has 0 atom stereocenters. The predicted octanol–water partition coefficient (Wildman–Crippen LogP) is 4.47. The van der Waals surface area contributed by atoms with Gasteiger partial charge in [-0.1, -0.05) is 13.8 Å². The van der Waals surface area contributed by atoms with Crippen LogP contribution in [0.3, 0.4) is 0 Å². The largest absolute Gasteiger partial charge is 0.493 e. The van der Waals surface area contributed by atoms with Crippen LogP contribution >= 0.6 is 11.3 Å². The number of aromatic amines is 1. The average Bonchev–Trinajstić information content (AvgIpc) is 3.55. The van der Waals surface area contributed by atoms with Gasteiger partial charge < -0.3 is 14.6 Å². The summed E-state index contributed by atoms with van der Waals surface area (Å²) in [4.78, 5) is 16.4. The van der Waals surface area contributed by atoms with Crippen LogP contribution in [0.1, 0.15) is 61.9 Å². The second-order valence-electron chi connectivity index (χ2n) is 10.2. The number of hydrogen-bond donors (Lipinski definition) is 1. The van der Waals surface area contributed by atoms with Crippen LogP contribution in [0.15, 0.2) is 18.6 Å². The van der Waals surface area contributed by atoms with E-state index >= 15 is 0 Å². The van der Waals surface area contributed by atoms with Crippen LogP contribution in [0.25, 0.3) is 27.3 Å². The fraction of sp³-hybridized carbons (Fsp3) is 0.560. The van der Waals surface area contributed by atoms with E-state index in [0.29, 0.717) is 35.8 Å². The van der Waals surface area contributed by atoms with Crippen LogP contribution in [0.4, 0.5) is 0 Å². The van der Waals surface area contributed by atoms with Crippen molar-refractivity contribution in [2.24, 2.45) is 0 Å². The van der Waals surface area contributed by atoms with Crippen molar-refractivity contribution < 1.29 is 13.2 Å². The number of methoxy groups -OCH3 is 1. The van der Waals surface area contributed by atoms with Crippen LogP contribution in [0.2, 0.25) is 0 Å². The van der Waals surface area contributed by atoms with Crippen molar-refractivity contribution in [3.63, 3.8) is 0 Å². The molecule has 11 heteroatoms. The number of hydrogen-bond acceptors (Lipinski definition) is 8. The summed E-state index contributed by atoms with van der Waals surface area (Å²) in [6, 6.07) is 2.45. The number of H-pyrrole nitrogens is 1. The first-order chi connectivity index (χ1) is 17.1. The molecule has 36 heavy (non-hydrogen) atoms. The minimum atomic E-state index is -2.94. The fourth-order valence-electron chi connectivity index (χ4n) is 5.31. The summed E-state index contributed by atoms with van der Waals surface area (Å²) in [6.07, 6.45) is 9.11. The van der Waals surface area contributed by atoms with E-state index in [-0.39, 0.29) is 5.75 Å². The minimum Gasteiger partial charge on any atom is -0.493 e. The summed E-state index contributed by atoms with van der Waals surface area (Å²) < 4.78 is 30.4. The first-order valence-corrected chi connectivity index (χ1v) is 15.3. The number of thiazole rings is 1. The molecule has 0 radical (unpaired) electrons. The molecular weight excluding hydrogens is 496 g/mol. The van der Waals surface area contributed by atoms with E-state index < -0.39 is 9.84 Å². The first-order valence-electron chi connectivity index (χ1n) is 12.4. The Kier molecular flexibility index (Phi) is 6.82. The maximum atomic E-state index is 11.5. The molecule has 0 saturated heterocycles. The van der Waals surface area contributed by atoms with Crippen molar-refractivity contribution in [2.45, 2.75) is 57.4 Å². The van der Waals surface area contributed by atoms with Gasteiger partial charge >= 0.3 is 0 Å². The van der Waals surface area contributed by atoms with Crippen LogP contribution in [0.5, 0.6) is 5.75 Å². The van der Waals surface area contributed by atoms with Gasteiger partial charge in [-0.2, -0.15) is 5.10 Å². The van der Waals surface area contributed by atoms with E-state index in [9.17, 15) is 8.42 Å². The maximum absolute atomic E-state index is 11.5. The minimum absolute atomic E-state index is 0.219. The number of pyridine rings is 1. The number of aromatic nitrogens is 5. The van der Waals surface area contributed by atoms with Gasteiger partial charge in [-0.3, -0.25) is 0 Å². The quantitative estimate of drug-likeness (QED) is 0.358. The molecule has 1 aliphatic rings. The van der Waals surface area contributed by atoms with E-state index in [4.69, 9.17) is 9.72 Å². The van der Waals surface area contributed by atoms with Gasteiger partial charge in [-0.25, -0.2) is 22.9 Å². The summed E-state index contributed by atoms with van der Waals surface area (Å²) in [5.74, 6) is 1.65. The molecule has 0 aliphatic heterocycles. The molecule has 4 aromatic rings. The van der Waals surface area contributed by atoms with Gasteiger partial charge in [0.05, 0.1) is 23.6 Å². The third-order valence-electron chi connectivity index (χ3n) is 7.32. The van der Waals surface area contributed by atoms with Gasteiger partial charge in [0.15, 0.2) is 11.4 Å². The highest BCUT2D eigenvalue weighted by Gasteiger charge is 2.29. The Morgan fingerprint density at radius 3 is 2.69 bits per heavy atom. The molecule has 5 rings (SSSR count). The fourth-order valence-corrected chi connectivity index (χ4v) is 7.08. The zero-order chi connectivity index (χ0) is 25.6. The van der Waals surface area contributed by atoms with Crippen molar-refractivity contribution in [3.8, 4) is 17.0 Å². The van der Waals surface area contributed by atoms with Gasteiger partial charge in [0.2, 0.25) is 0 Å². The number of nitrogens with one attached hydrogen (secondary N) is 1. The summed E-state index contributed by atoms with van der Waals surface area (Å²) in [5.41, 5.74) is 5.02. The topological polar surface area (TPSA) is 105 Å². The molecule has 0 bridgehead atoms. The lowest BCUT2D eigenvalue weighted by molar-refractivity contribution is 0.191. The highest BCUT2D eigenvalue weighted by Crippen LogP contribution is 2.42. The molecule has 0 unspecified atom stereocenters. The number of rotatable bonds is 8. The molecule has 0 spiro atoms. The molecular formula is C25H34N6O3S2. The summed E-state index contributed by atoms with van der Waals surface area (Å²) in [6.45, 7) is 5.00. The maximum Gasteiger partial charge on any atom is 0.197 e. The predicted molar refractivity (Wildman–Crippen MR) is 144 cm³/mol. The lowest BCUT2D eigenvalue weighted by Crippen LogP contribution is -2.37. The monoisotopic (exact) mass is 530 g/mol. The van der Waals surface area contributed by atoms with Gasteiger partial charge in [0.1, 0.15) is 26.5 Å². The Hall–Kier alpha value is -2.50. The van der Waals surface area contributed by atoms with Gasteiger partial charge in [-0.15, -0.1) is 11.3 Å².